The summed E-state index contributed by atoms with van der Waals surface area (Å²) in [6.45, 7) is 13.6. The van der Waals surface area contributed by atoms with Crippen LogP contribution in [-0.4, -0.2) is 37.4 Å². The van der Waals surface area contributed by atoms with Gasteiger partial charge < -0.3 is 14.2 Å². The van der Waals surface area contributed by atoms with Gasteiger partial charge in [-0.2, -0.15) is 17.2 Å². The van der Waals surface area contributed by atoms with Crippen LogP contribution in [0.5, 0.6) is 5.75 Å². The summed E-state index contributed by atoms with van der Waals surface area (Å²) in [5.41, 5.74) is 1.91. The molecule has 0 radical (unpaired) electrons. The third-order valence-electron chi connectivity index (χ3n) is 6.88. The molecule has 226 valence electrons. The Kier molecular flexibility index (Phi) is 8.67. The van der Waals surface area contributed by atoms with Crippen LogP contribution < -0.4 is 4.74 Å². The second-order valence-corrected chi connectivity index (χ2v) is 15.6. The van der Waals surface area contributed by atoms with Crippen molar-refractivity contribution in [2.45, 2.75) is 72.7 Å². The Hall–Kier alpha value is -2.83. The van der Waals surface area contributed by atoms with Crippen molar-refractivity contribution in [2.24, 2.45) is 5.41 Å². The Labute approximate surface area is 248 Å². The van der Waals surface area contributed by atoms with Crippen molar-refractivity contribution in [1.29, 1.82) is 0 Å². The van der Waals surface area contributed by atoms with Gasteiger partial charge in [-0.3, -0.25) is 4.55 Å². The highest BCUT2D eigenvalue weighted by atomic mass is 32.2. The predicted octanol–water partition coefficient (Wildman–Crippen LogP) is 6.71. The maximum Gasteiger partial charge on any atom is 0.466 e. The molecule has 1 heterocycles. The Morgan fingerprint density at radius 2 is 1.26 bits per heavy atom. The van der Waals surface area contributed by atoms with E-state index in [-0.39, 0.29) is 16.6 Å². The maximum absolute atomic E-state index is 13.7. The Morgan fingerprint density at radius 3 is 1.69 bits per heavy atom. The summed E-state index contributed by atoms with van der Waals surface area (Å²) in [5.74, 6) is -3.57. The predicted molar refractivity (Wildman–Crippen MR) is 155 cm³/mol. The lowest BCUT2D eigenvalue weighted by molar-refractivity contribution is -0.298. The number of carbonyl (C=O) groups is 1. The first-order valence-electron chi connectivity index (χ1n) is 13.2. The molecule has 1 aliphatic heterocycles. The van der Waals surface area contributed by atoms with Crippen molar-refractivity contribution in [2.75, 3.05) is 13.2 Å². The van der Waals surface area contributed by atoms with E-state index in [0.717, 1.165) is 25.8 Å². The van der Waals surface area contributed by atoms with Crippen LogP contribution >= 0.6 is 0 Å². The molecule has 1 fully saturated rings. The van der Waals surface area contributed by atoms with E-state index in [2.05, 4.69) is 63.6 Å². The van der Waals surface area contributed by atoms with Gasteiger partial charge in [-0.1, -0.05) is 46.8 Å². The smallest absolute Gasteiger partial charge is 0.421 e. The molecule has 0 saturated carbocycles. The van der Waals surface area contributed by atoms with E-state index in [1.165, 1.54) is 12.1 Å². The van der Waals surface area contributed by atoms with E-state index in [1.54, 1.807) is 12.1 Å². The molecule has 3 aromatic rings. The Balaban J connectivity index is 1.67. The van der Waals surface area contributed by atoms with Crippen molar-refractivity contribution in [1.82, 2.24) is 0 Å². The zero-order valence-electron chi connectivity index (χ0n) is 24.3. The van der Waals surface area contributed by atoms with E-state index in [1.807, 2.05) is 31.2 Å². The molecule has 1 N–H and O–H groups in total. The van der Waals surface area contributed by atoms with E-state index in [4.69, 9.17) is 14.0 Å². The van der Waals surface area contributed by atoms with Crippen LogP contribution in [0, 0.1) is 5.41 Å². The molecule has 4 rings (SSSR count). The van der Waals surface area contributed by atoms with Crippen LogP contribution in [0.2, 0.25) is 0 Å². The molecule has 7 nitrogen and oxygen atoms in total. The minimum atomic E-state index is -5.98. The summed E-state index contributed by atoms with van der Waals surface area (Å²) >= 11 is 0. The van der Waals surface area contributed by atoms with Crippen molar-refractivity contribution in [3.8, 4) is 5.75 Å². The molecule has 0 aromatic heterocycles. The first-order valence-corrected chi connectivity index (χ1v) is 15.9. The lowest BCUT2D eigenvalue weighted by atomic mass is 9.87. The van der Waals surface area contributed by atoms with Crippen LogP contribution in [0.25, 0.3) is 0 Å². The molecule has 11 heteroatoms. The minimum Gasteiger partial charge on any atom is -0.421 e. The van der Waals surface area contributed by atoms with Crippen molar-refractivity contribution in [3.05, 3.63) is 83.9 Å². The van der Waals surface area contributed by atoms with Crippen LogP contribution in [0.3, 0.4) is 0 Å². The van der Waals surface area contributed by atoms with Crippen LogP contribution in [0.4, 0.5) is 8.78 Å². The second kappa shape index (κ2) is 11.3. The summed E-state index contributed by atoms with van der Waals surface area (Å²) in [6.07, 6.45) is 0. The summed E-state index contributed by atoms with van der Waals surface area (Å²) in [5, 5.41) is -5.09. The van der Waals surface area contributed by atoms with Crippen molar-refractivity contribution in [3.63, 3.8) is 0 Å². The lowest BCUT2D eigenvalue weighted by Gasteiger charge is -2.41. The monoisotopic (exact) mass is 621 g/mol. The van der Waals surface area contributed by atoms with Crippen molar-refractivity contribution >= 4 is 27.0 Å². The number of ether oxygens (including phenoxy) is 3. The van der Waals surface area contributed by atoms with E-state index in [9.17, 15) is 22.0 Å². The largest absolute Gasteiger partial charge is 0.466 e. The number of halogens is 2. The number of carbonyl (C=O) groups excluding carboxylic acids is 1. The van der Waals surface area contributed by atoms with Gasteiger partial charge >= 0.3 is 21.3 Å². The normalized spacial score (nSPS) is 17.8. The summed E-state index contributed by atoms with van der Waals surface area (Å²) in [7, 11) is -6.62. The summed E-state index contributed by atoms with van der Waals surface area (Å²) < 4.78 is 74.6. The SMILES string of the molecule is CC1(C)COC(C)(c2ccc([S+](c3ccc(OC(=O)C(F)(F)S(=O)(=O)O)cc3)c3ccc(C(C)(C)C)cc3)cc2)OC1. The molecule has 3 aromatic carbocycles. The maximum atomic E-state index is 13.7. The Morgan fingerprint density at radius 1 is 0.833 bits per heavy atom. The zero-order valence-corrected chi connectivity index (χ0v) is 25.9. The molecular formula is C31H35F2O7S2+. The molecule has 0 aliphatic carbocycles. The van der Waals surface area contributed by atoms with E-state index < -0.39 is 38.0 Å². The van der Waals surface area contributed by atoms with Gasteiger partial charge in [0.2, 0.25) is 0 Å². The average molecular weight is 622 g/mol. The third-order valence-corrected chi connectivity index (χ3v) is 9.92. The van der Waals surface area contributed by atoms with Gasteiger partial charge in [0, 0.05) is 11.0 Å². The first kappa shape index (κ1) is 32.1. The molecule has 0 bridgehead atoms. The topological polar surface area (TPSA) is 99.1 Å². The number of alkyl halides is 2. The quantitative estimate of drug-likeness (QED) is 0.136. The van der Waals surface area contributed by atoms with Gasteiger partial charge in [0.25, 0.3) is 0 Å². The first-order chi connectivity index (χ1) is 19.3. The molecule has 0 amide bonds. The fourth-order valence-corrected chi connectivity index (χ4v) is 6.52. The highest BCUT2D eigenvalue weighted by molar-refractivity contribution is 7.97. The van der Waals surface area contributed by atoms with E-state index >= 15 is 0 Å². The fourth-order valence-electron chi connectivity index (χ4n) is 4.22. The standard InChI is InChI=1S/C31H34F2O7S2/c1-28(2,3)21-7-13-24(14-8-21)41(25-15-9-22(10-16-25)30(6)38-19-29(4,5)20-39-30)26-17-11-23(12-18-26)40-27(34)31(32,33)42(35,36)37/h7-18H,19-20H2,1-6H3/p+1. The van der Waals surface area contributed by atoms with Gasteiger partial charge in [-0.25, -0.2) is 4.79 Å². The molecule has 1 saturated heterocycles. The number of rotatable bonds is 7. The molecule has 1 aliphatic rings. The number of benzene rings is 3. The average Bonchev–Trinajstić information content (AvgIpc) is 2.91. The zero-order chi connectivity index (χ0) is 31.1. The third kappa shape index (κ3) is 6.86. The van der Waals surface area contributed by atoms with E-state index in [0.29, 0.717) is 13.2 Å². The minimum absolute atomic E-state index is 0.0432. The molecule has 42 heavy (non-hydrogen) atoms. The fraction of sp³-hybridized carbons (Fsp3) is 0.387. The molecular weight excluding hydrogens is 586 g/mol. The lowest BCUT2D eigenvalue weighted by Crippen LogP contribution is -2.43. The van der Waals surface area contributed by atoms with Gasteiger partial charge in [0.15, 0.2) is 20.5 Å². The number of esters is 1. The van der Waals surface area contributed by atoms with Gasteiger partial charge in [-0.05, 0) is 78.6 Å². The highest BCUT2D eigenvalue weighted by Crippen LogP contribution is 2.39. The Bertz CT molecular complexity index is 1520. The van der Waals surface area contributed by atoms with Gasteiger partial charge in [-0.15, -0.1) is 0 Å². The highest BCUT2D eigenvalue weighted by Gasteiger charge is 2.54. The summed E-state index contributed by atoms with van der Waals surface area (Å²) in [6, 6.07) is 22.0. The van der Waals surface area contributed by atoms with Crippen LogP contribution in [-0.2, 0) is 46.5 Å². The molecule has 0 spiro atoms. The molecule has 1 atom stereocenters. The van der Waals surface area contributed by atoms with Crippen LogP contribution in [0.15, 0.2) is 87.5 Å². The second-order valence-electron chi connectivity index (χ2n) is 12.1. The number of hydrogen-bond donors (Lipinski definition) is 1. The summed E-state index contributed by atoms with van der Waals surface area (Å²) in [4.78, 5) is 14.5. The van der Waals surface area contributed by atoms with Crippen molar-refractivity contribution < 1.29 is 40.8 Å². The number of hydrogen-bond acceptors (Lipinski definition) is 6. The van der Waals surface area contributed by atoms with Gasteiger partial charge in [0.05, 0.1) is 24.1 Å². The molecule has 1 unspecified atom stereocenters. The van der Waals surface area contributed by atoms with Crippen LogP contribution in [0.1, 0.15) is 52.7 Å². The van der Waals surface area contributed by atoms with Gasteiger partial charge in [0.1, 0.15) is 5.75 Å².